The van der Waals surface area contributed by atoms with Gasteiger partial charge in [-0.15, -0.1) is 21.5 Å². The van der Waals surface area contributed by atoms with Crippen LogP contribution in [0.15, 0.2) is 40.1 Å². The van der Waals surface area contributed by atoms with Gasteiger partial charge in [-0.25, -0.2) is 9.37 Å². The minimum Gasteiger partial charge on any atom is -0.449 e. The number of aromatic nitrogens is 4. The average Bonchev–Trinajstić information content (AvgIpc) is 3.44. The maximum Gasteiger partial charge on any atom is 0.196 e. The lowest BCUT2D eigenvalue weighted by atomic mass is 9.95. The van der Waals surface area contributed by atoms with Gasteiger partial charge in [0.2, 0.25) is 0 Å². The molecule has 164 valence electrons. The van der Waals surface area contributed by atoms with E-state index in [4.69, 9.17) is 9.41 Å². The van der Waals surface area contributed by atoms with Crippen LogP contribution in [0.25, 0.3) is 5.00 Å². The number of thiophene rings is 1. The third-order valence-electron chi connectivity index (χ3n) is 6.01. The van der Waals surface area contributed by atoms with Crippen LogP contribution in [0.1, 0.15) is 70.5 Å². The van der Waals surface area contributed by atoms with E-state index in [1.54, 1.807) is 29.9 Å². The topological polar surface area (TPSA) is 69.1 Å². The zero-order chi connectivity index (χ0) is 22.6. The first-order valence-electron chi connectivity index (χ1n) is 10.6. The molecule has 8 heteroatoms. The van der Waals surface area contributed by atoms with Gasteiger partial charge < -0.3 is 4.42 Å². The third kappa shape index (κ3) is 3.30. The van der Waals surface area contributed by atoms with E-state index in [2.05, 4.69) is 42.9 Å². The monoisotopic (exact) mass is 449 g/mol. The molecule has 4 heterocycles. The van der Waals surface area contributed by atoms with Crippen molar-refractivity contribution in [2.45, 2.75) is 53.0 Å². The summed E-state index contributed by atoms with van der Waals surface area (Å²) in [4.78, 5) is 10.5. The van der Waals surface area contributed by atoms with Crippen molar-refractivity contribution < 1.29 is 8.81 Å². The molecule has 3 aromatic heterocycles. The number of hydrogen-bond acceptors (Lipinski definition) is 6. The summed E-state index contributed by atoms with van der Waals surface area (Å²) in [7, 11) is 0. The quantitative estimate of drug-likeness (QED) is 0.404. The summed E-state index contributed by atoms with van der Waals surface area (Å²) >= 11 is 1.65. The van der Waals surface area contributed by atoms with Gasteiger partial charge in [0.15, 0.2) is 11.7 Å². The van der Waals surface area contributed by atoms with Gasteiger partial charge in [0.1, 0.15) is 28.9 Å². The smallest absolute Gasteiger partial charge is 0.196 e. The molecule has 1 unspecified atom stereocenters. The Morgan fingerprint density at radius 2 is 2.00 bits per heavy atom. The van der Waals surface area contributed by atoms with Crippen molar-refractivity contribution in [1.82, 2.24) is 19.7 Å². The second kappa shape index (κ2) is 7.78. The van der Waals surface area contributed by atoms with Crippen LogP contribution in [0.2, 0.25) is 0 Å². The van der Waals surface area contributed by atoms with Crippen molar-refractivity contribution in [1.29, 1.82) is 0 Å². The molecule has 0 bridgehead atoms. The maximum atomic E-state index is 15.5. The van der Waals surface area contributed by atoms with Crippen LogP contribution >= 0.6 is 11.3 Å². The van der Waals surface area contributed by atoms with E-state index in [9.17, 15) is 0 Å². The number of rotatable bonds is 4. The molecular formula is C24H24FN5OS. The number of nitrogens with zero attached hydrogens (tertiary/aromatic N) is 5. The Hall–Kier alpha value is -3.13. The highest BCUT2D eigenvalue weighted by molar-refractivity contribution is 7.15. The number of halogens is 1. The zero-order valence-corrected chi connectivity index (χ0v) is 19.5. The fraction of sp³-hybridized carbons (Fsp3) is 0.333. The second-order valence-corrected chi connectivity index (χ2v) is 9.62. The summed E-state index contributed by atoms with van der Waals surface area (Å²) < 4.78 is 23.0. The molecular weight excluding hydrogens is 425 g/mol. The second-order valence-electron chi connectivity index (χ2n) is 8.42. The van der Waals surface area contributed by atoms with Gasteiger partial charge in [0.25, 0.3) is 0 Å². The molecule has 5 rings (SSSR count). The Bertz CT molecular complexity index is 1330. The van der Waals surface area contributed by atoms with Gasteiger partial charge in [-0.3, -0.25) is 9.56 Å². The highest BCUT2D eigenvalue weighted by Crippen LogP contribution is 2.40. The lowest BCUT2D eigenvalue weighted by molar-refractivity contribution is 0.467. The zero-order valence-electron chi connectivity index (χ0n) is 18.7. The Morgan fingerprint density at radius 1 is 1.19 bits per heavy atom. The summed E-state index contributed by atoms with van der Waals surface area (Å²) in [6.07, 6.45) is 3.57. The molecule has 0 fully saturated rings. The molecule has 0 amide bonds. The Labute approximate surface area is 189 Å². The lowest BCUT2D eigenvalue weighted by Crippen LogP contribution is -2.11. The van der Waals surface area contributed by atoms with E-state index >= 15 is 4.39 Å². The van der Waals surface area contributed by atoms with Gasteiger partial charge in [0, 0.05) is 16.0 Å². The highest BCUT2D eigenvalue weighted by atomic mass is 32.1. The summed E-state index contributed by atoms with van der Waals surface area (Å²) in [5, 5.41) is 9.75. The summed E-state index contributed by atoms with van der Waals surface area (Å²) in [5.41, 5.74) is 4.11. The fourth-order valence-electron chi connectivity index (χ4n) is 4.11. The van der Waals surface area contributed by atoms with E-state index in [0.29, 0.717) is 29.4 Å². The summed E-state index contributed by atoms with van der Waals surface area (Å²) in [5.74, 6) is 2.00. The van der Waals surface area contributed by atoms with Crippen LogP contribution in [0.5, 0.6) is 0 Å². The van der Waals surface area contributed by atoms with Crippen molar-refractivity contribution in [2.24, 2.45) is 4.99 Å². The number of oxazole rings is 1. The molecule has 1 aliphatic rings. The van der Waals surface area contributed by atoms with E-state index in [1.807, 2.05) is 23.6 Å². The predicted molar refractivity (Wildman–Crippen MR) is 123 cm³/mol. The fourth-order valence-corrected chi connectivity index (χ4v) is 5.33. The van der Waals surface area contributed by atoms with Crippen LogP contribution < -0.4 is 0 Å². The van der Waals surface area contributed by atoms with Crippen molar-refractivity contribution in [3.05, 3.63) is 81.1 Å². The van der Waals surface area contributed by atoms with E-state index in [0.717, 1.165) is 32.4 Å². The van der Waals surface area contributed by atoms with Crippen molar-refractivity contribution in [2.75, 3.05) is 0 Å². The number of benzene rings is 1. The normalized spacial score (nSPS) is 15.5. The molecule has 1 aliphatic heterocycles. The molecule has 0 saturated heterocycles. The molecule has 0 aliphatic carbocycles. The molecule has 1 atom stereocenters. The Balaban J connectivity index is 1.77. The van der Waals surface area contributed by atoms with Crippen LogP contribution in [0, 0.1) is 26.6 Å². The van der Waals surface area contributed by atoms with Crippen LogP contribution in [0.4, 0.5) is 4.39 Å². The number of hydrogen-bond donors (Lipinski definition) is 0. The van der Waals surface area contributed by atoms with E-state index in [1.165, 1.54) is 0 Å². The maximum absolute atomic E-state index is 15.5. The molecule has 1 aromatic carbocycles. The first kappa shape index (κ1) is 20.8. The molecule has 4 aromatic rings. The van der Waals surface area contributed by atoms with Crippen molar-refractivity contribution in [3.8, 4) is 5.00 Å². The number of aryl methyl sites for hydroxylation is 2. The SMILES string of the molecule is Cc1sc2c(c1C)C(c1ccc(C(C)C)cc1F)=NC(Cc1ncco1)c1nnc(C)n1-2. The molecule has 0 saturated carbocycles. The van der Waals surface area contributed by atoms with Crippen LogP contribution in [0.3, 0.4) is 0 Å². The van der Waals surface area contributed by atoms with E-state index in [-0.39, 0.29) is 11.7 Å². The predicted octanol–water partition coefficient (Wildman–Crippen LogP) is 5.64. The van der Waals surface area contributed by atoms with Crippen LogP contribution in [-0.4, -0.2) is 25.5 Å². The van der Waals surface area contributed by atoms with Gasteiger partial charge in [-0.2, -0.15) is 0 Å². The number of fused-ring (bicyclic) bond motifs is 3. The standard InChI is InChI=1S/C24H24FN5OS/c1-12(2)16-6-7-17(18(25)10-16)22-21-13(3)14(4)32-24(21)30-15(5)28-29-23(30)19(27-22)11-20-26-8-9-31-20/h6-10,12,19H,11H2,1-5H3. The molecule has 0 N–H and O–H groups in total. The Kier molecular flexibility index (Phi) is 5.04. The third-order valence-corrected chi connectivity index (χ3v) is 7.20. The molecule has 32 heavy (non-hydrogen) atoms. The van der Waals surface area contributed by atoms with Crippen molar-refractivity contribution in [3.63, 3.8) is 0 Å². The first-order chi connectivity index (χ1) is 15.3. The molecule has 0 spiro atoms. The average molecular weight is 450 g/mol. The summed E-state index contributed by atoms with van der Waals surface area (Å²) in [6, 6.07) is 5.05. The van der Waals surface area contributed by atoms with Gasteiger partial charge in [-0.1, -0.05) is 19.9 Å². The van der Waals surface area contributed by atoms with E-state index < -0.39 is 6.04 Å². The van der Waals surface area contributed by atoms with Crippen molar-refractivity contribution >= 4 is 17.0 Å². The minimum atomic E-state index is -0.409. The first-order valence-corrected chi connectivity index (χ1v) is 11.5. The largest absolute Gasteiger partial charge is 0.449 e. The van der Waals surface area contributed by atoms with Gasteiger partial charge in [0.05, 0.1) is 18.3 Å². The summed E-state index contributed by atoms with van der Waals surface area (Å²) in [6.45, 7) is 10.2. The highest BCUT2D eigenvalue weighted by Gasteiger charge is 2.33. The van der Waals surface area contributed by atoms with Crippen LogP contribution in [-0.2, 0) is 6.42 Å². The lowest BCUT2D eigenvalue weighted by Gasteiger charge is -2.13. The minimum absolute atomic E-state index is 0.242. The number of aliphatic imine (C=N–C) groups is 1. The molecule has 6 nitrogen and oxygen atoms in total. The Morgan fingerprint density at radius 3 is 2.69 bits per heavy atom. The molecule has 0 radical (unpaired) electrons. The van der Waals surface area contributed by atoms with Gasteiger partial charge >= 0.3 is 0 Å². The van der Waals surface area contributed by atoms with Gasteiger partial charge in [-0.05, 0) is 49.9 Å².